The molecule has 0 atom stereocenters. The molecule has 0 aromatic heterocycles. The fraction of sp³-hybridized carbons (Fsp3) is 0.250. The van der Waals surface area contributed by atoms with Gasteiger partial charge in [-0.05, 0) is 18.6 Å². The molecular formula is C8H12ClNO. The molecule has 0 aliphatic carbocycles. The summed E-state index contributed by atoms with van der Waals surface area (Å²) in [5.74, 6) is 0.294. The number of nitrogens with two attached hydrogens (primary N) is 1. The van der Waals surface area contributed by atoms with Crippen LogP contribution in [0.2, 0.25) is 0 Å². The van der Waals surface area contributed by atoms with Gasteiger partial charge in [-0.15, -0.1) is 12.4 Å². The van der Waals surface area contributed by atoms with E-state index in [0.717, 1.165) is 12.0 Å². The third-order valence-corrected chi connectivity index (χ3v) is 1.54. The molecule has 0 saturated heterocycles. The monoisotopic (exact) mass is 173 g/mol. The first kappa shape index (κ1) is 10.1. The lowest BCUT2D eigenvalue weighted by Gasteiger charge is -2.03. The molecule has 1 rings (SSSR count). The molecule has 62 valence electrons. The van der Waals surface area contributed by atoms with E-state index in [-0.39, 0.29) is 12.4 Å². The highest BCUT2D eigenvalue weighted by atomic mass is 35.5. The summed E-state index contributed by atoms with van der Waals surface area (Å²) in [5, 5.41) is 9.21. The molecule has 3 N–H and O–H groups in total. The van der Waals surface area contributed by atoms with Crippen LogP contribution < -0.4 is 5.73 Å². The Balaban J connectivity index is 0.000001000. The van der Waals surface area contributed by atoms with Gasteiger partial charge >= 0.3 is 0 Å². The molecule has 0 bridgehead atoms. The molecule has 0 unspecified atom stereocenters. The number of phenols is 1. The van der Waals surface area contributed by atoms with Gasteiger partial charge in [0.2, 0.25) is 0 Å². The number of hydrogen-bond donors (Lipinski definition) is 2. The average molecular weight is 174 g/mol. The maximum atomic E-state index is 9.21. The largest absolute Gasteiger partial charge is 0.508 e. The Morgan fingerprint density at radius 3 is 2.45 bits per heavy atom. The Bertz CT molecular complexity index is 217. The maximum absolute atomic E-state index is 9.21. The SMILES string of the molecule is CCc1c(N)cccc1O.Cl. The van der Waals surface area contributed by atoms with Crippen LogP contribution in [0.25, 0.3) is 0 Å². The van der Waals surface area contributed by atoms with Gasteiger partial charge in [0, 0.05) is 11.3 Å². The zero-order chi connectivity index (χ0) is 7.56. The first-order valence-electron chi connectivity index (χ1n) is 3.32. The summed E-state index contributed by atoms with van der Waals surface area (Å²) in [4.78, 5) is 0. The van der Waals surface area contributed by atoms with Crippen molar-refractivity contribution in [1.82, 2.24) is 0 Å². The Kier molecular flexibility index (Phi) is 3.76. The van der Waals surface area contributed by atoms with Gasteiger partial charge in [0.05, 0.1) is 0 Å². The number of rotatable bonds is 1. The minimum Gasteiger partial charge on any atom is -0.508 e. The van der Waals surface area contributed by atoms with Crippen LogP contribution in [-0.4, -0.2) is 5.11 Å². The van der Waals surface area contributed by atoms with Crippen LogP contribution in [-0.2, 0) is 6.42 Å². The van der Waals surface area contributed by atoms with E-state index in [2.05, 4.69) is 0 Å². The van der Waals surface area contributed by atoms with Crippen molar-refractivity contribution in [3.05, 3.63) is 23.8 Å². The molecular weight excluding hydrogens is 162 g/mol. The fourth-order valence-corrected chi connectivity index (χ4v) is 0.977. The van der Waals surface area contributed by atoms with E-state index in [0.29, 0.717) is 11.4 Å². The molecule has 0 aliphatic heterocycles. The molecule has 3 heteroatoms. The van der Waals surface area contributed by atoms with E-state index in [9.17, 15) is 5.11 Å². The highest BCUT2D eigenvalue weighted by molar-refractivity contribution is 5.85. The van der Waals surface area contributed by atoms with Gasteiger partial charge in [-0.1, -0.05) is 13.0 Å². The summed E-state index contributed by atoms with van der Waals surface area (Å²) < 4.78 is 0. The van der Waals surface area contributed by atoms with Crippen LogP contribution in [0.15, 0.2) is 18.2 Å². The number of aromatic hydroxyl groups is 1. The molecule has 0 heterocycles. The second-order valence-corrected chi connectivity index (χ2v) is 2.20. The number of nitrogen functional groups attached to an aromatic ring is 1. The van der Waals surface area contributed by atoms with Gasteiger partial charge in [0.1, 0.15) is 5.75 Å². The Hall–Kier alpha value is -0.890. The van der Waals surface area contributed by atoms with Crippen molar-refractivity contribution in [1.29, 1.82) is 0 Å². The molecule has 0 amide bonds. The highest BCUT2D eigenvalue weighted by Gasteiger charge is 1.99. The molecule has 0 fully saturated rings. The standard InChI is InChI=1S/C8H11NO.ClH/c1-2-6-7(9)4-3-5-8(6)10;/h3-5,10H,2,9H2,1H3;1H. The molecule has 0 saturated carbocycles. The number of benzene rings is 1. The smallest absolute Gasteiger partial charge is 0.120 e. The minimum atomic E-state index is 0. The second kappa shape index (κ2) is 4.09. The van der Waals surface area contributed by atoms with Gasteiger partial charge in [-0.3, -0.25) is 0 Å². The summed E-state index contributed by atoms with van der Waals surface area (Å²) in [7, 11) is 0. The van der Waals surface area contributed by atoms with Gasteiger partial charge in [-0.25, -0.2) is 0 Å². The predicted octanol–water partition coefficient (Wildman–Crippen LogP) is 1.96. The summed E-state index contributed by atoms with van der Waals surface area (Å²) in [6, 6.07) is 5.18. The number of phenolic OH excluding ortho intramolecular Hbond substituents is 1. The fourth-order valence-electron chi connectivity index (χ4n) is 0.977. The lowest BCUT2D eigenvalue weighted by molar-refractivity contribution is 0.469. The Labute approximate surface area is 72.4 Å². The lowest BCUT2D eigenvalue weighted by Crippen LogP contribution is -1.91. The minimum absolute atomic E-state index is 0. The highest BCUT2D eigenvalue weighted by Crippen LogP contribution is 2.22. The molecule has 1 aromatic carbocycles. The van der Waals surface area contributed by atoms with E-state index < -0.39 is 0 Å². The van der Waals surface area contributed by atoms with E-state index in [1.807, 2.05) is 6.92 Å². The molecule has 11 heavy (non-hydrogen) atoms. The van der Waals surface area contributed by atoms with E-state index >= 15 is 0 Å². The van der Waals surface area contributed by atoms with Gasteiger partial charge in [-0.2, -0.15) is 0 Å². The average Bonchev–Trinajstić information content (AvgIpc) is 1.88. The molecule has 0 radical (unpaired) electrons. The van der Waals surface area contributed by atoms with Crippen LogP contribution in [0.3, 0.4) is 0 Å². The molecule has 0 aliphatic rings. The normalized spacial score (nSPS) is 8.82. The van der Waals surface area contributed by atoms with E-state index in [1.54, 1.807) is 18.2 Å². The van der Waals surface area contributed by atoms with Gasteiger partial charge in [0.15, 0.2) is 0 Å². The van der Waals surface area contributed by atoms with Crippen molar-refractivity contribution in [3.63, 3.8) is 0 Å². The topological polar surface area (TPSA) is 46.2 Å². The van der Waals surface area contributed by atoms with Crippen molar-refractivity contribution < 1.29 is 5.11 Å². The van der Waals surface area contributed by atoms with Crippen molar-refractivity contribution in [2.24, 2.45) is 0 Å². The summed E-state index contributed by atoms with van der Waals surface area (Å²) in [6.07, 6.45) is 0.776. The van der Waals surface area contributed by atoms with Crippen LogP contribution in [0, 0.1) is 0 Å². The number of anilines is 1. The molecule has 2 nitrogen and oxygen atoms in total. The van der Waals surface area contributed by atoms with E-state index in [4.69, 9.17) is 5.73 Å². The first-order valence-corrected chi connectivity index (χ1v) is 3.32. The van der Waals surface area contributed by atoms with Crippen LogP contribution in [0.5, 0.6) is 5.75 Å². The van der Waals surface area contributed by atoms with Crippen molar-refractivity contribution in [2.45, 2.75) is 13.3 Å². The van der Waals surface area contributed by atoms with Crippen molar-refractivity contribution in [3.8, 4) is 5.75 Å². The summed E-state index contributed by atoms with van der Waals surface area (Å²) in [5.41, 5.74) is 7.08. The third kappa shape index (κ3) is 2.02. The lowest BCUT2D eigenvalue weighted by atomic mass is 10.1. The number of hydrogen-bond acceptors (Lipinski definition) is 2. The molecule has 0 spiro atoms. The maximum Gasteiger partial charge on any atom is 0.120 e. The summed E-state index contributed by atoms with van der Waals surface area (Å²) in [6.45, 7) is 1.96. The van der Waals surface area contributed by atoms with Crippen LogP contribution in [0.4, 0.5) is 5.69 Å². The Morgan fingerprint density at radius 2 is 2.09 bits per heavy atom. The van der Waals surface area contributed by atoms with Gasteiger partial charge < -0.3 is 10.8 Å². The number of halogens is 1. The zero-order valence-electron chi connectivity index (χ0n) is 6.37. The predicted molar refractivity (Wildman–Crippen MR) is 49.1 cm³/mol. The van der Waals surface area contributed by atoms with Crippen molar-refractivity contribution >= 4 is 18.1 Å². The van der Waals surface area contributed by atoms with Crippen LogP contribution in [0.1, 0.15) is 12.5 Å². The van der Waals surface area contributed by atoms with Gasteiger partial charge in [0.25, 0.3) is 0 Å². The van der Waals surface area contributed by atoms with Crippen molar-refractivity contribution in [2.75, 3.05) is 5.73 Å². The molecule has 1 aromatic rings. The summed E-state index contributed by atoms with van der Waals surface area (Å²) >= 11 is 0. The third-order valence-electron chi connectivity index (χ3n) is 1.54. The first-order chi connectivity index (χ1) is 4.75. The Morgan fingerprint density at radius 1 is 1.45 bits per heavy atom. The quantitative estimate of drug-likeness (QED) is 0.638. The van der Waals surface area contributed by atoms with Crippen LogP contribution >= 0.6 is 12.4 Å². The second-order valence-electron chi connectivity index (χ2n) is 2.20. The zero-order valence-corrected chi connectivity index (χ0v) is 7.19. The van der Waals surface area contributed by atoms with E-state index in [1.165, 1.54) is 0 Å².